The normalized spacial score (nSPS) is 14.2. The molecule has 0 saturated carbocycles. The highest BCUT2D eigenvalue weighted by atomic mass is 35.5. The molecular formula is C26H28Cl2F3N5O4. The minimum Gasteiger partial charge on any atom is -0.489 e. The van der Waals surface area contributed by atoms with Crippen LogP contribution in [0.2, 0.25) is 10.0 Å². The van der Waals surface area contributed by atoms with Crippen molar-refractivity contribution < 1.29 is 32.2 Å². The molecule has 0 bridgehead atoms. The third-order valence-corrected chi connectivity index (χ3v) is 6.32. The molecule has 1 saturated heterocycles. The van der Waals surface area contributed by atoms with Crippen LogP contribution in [0.3, 0.4) is 0 Å². The maximum atomic E-state index is 14.6. The number of hydrogen-bond acceptors (Lipinski definition) is 7. The number of aliphatic imine (C=N–C) groups is 2. The molecule has 3 rings (SSSR count). The van der Waals surface area contributed by atoms with Crippen LogP contribution in [-0.4, -0.2) is 76.5 Å². The summed E-state index contributed by atoms with van der Waals surface area (Å²) in [5.41, 5.74) is 1.17. The molecular weight excluding hydrogens is 574 g/mol. The number of halogens is 5. The summed E-state index contributed by atoms with van der Waals surface area (Å²) in [6, 6.07) is 5.93. The molecule has 40 heavy (non-hydrogen) atoms. The summed E-state index contributed by atoms with van der Waals surface area (Å²) in [6.45, 7) is 3.20. The van der Waals surface area contributed by atoms with E-state index in [0.717, 1.165) is 13.1 Å². The summed E-state index contributed by atoms with van der Waals surface area (Å²) in [7, 11) is 0. The van der Waals surface area contributed by atoms with E-state index in [4.69, 9.17) is 32.7 Å². The SMILES string of the molecule is C=N/C=N\c1cc(OCCOC(F)F)c(NC(=O)/C=C/CN2CCOCC2)cc1CNc1ccc(Cl)c(Cl)c1F. The fraction of sp³-hybridized carbons (Fsp3) is 0.346. The molecule has 1 amide bonds. The number of carbonyl (C=O) groups is 1. The van der Waals surface area contributed by atoms with Gasteiger partial charge < -0.3 is 24.8 Å². The molecule has 0 spiro atoms. The minimum absolute atomic E-state index is 0.0449. The number of alkyl halides is 2. The van der Waals surface area contributed by atoms with E-state index in [0.29, 0.717) is 31.0 Å². The molecule has 1 heterocycles. The van der Waals surface area contributed by atoms with Crippen LogP contribution < -0.4 is 15.4 Å². The van der Waals surface area contributed by atoms with Crippen molar-refractivity contribution in [3.8, 4) is 5.75 Å². The Bertz CT molecular complexity index is 1230. The lowest BCUT2D eigenvalue weighted by atomic mass is 10.1. The van der Waals surface area contributed by atoms with Crippen molar-refractivity contribution in [1.29, 1.82) is 0 Å². The molecule has 1 aliphatic heterocycles. The third kappa shape index (κ3) is 9.79. The number of nitrogens with one attached hydrogen (secondary N) is 2. The lowest BCUT2D eigenvalue weighted by Gasteiger charge is -2.25. The van der Waals surface area contributed by atoms with E-state index in [1.807, 2.05) is 0 Å². The van der Waals surface area contributed by atoms with Gasteiger partial charge in [0.1, 0.15) is 18.7 Å². The summed E-state index contributed by atoms with van der Waals surface area (Å²) in [5, 5.41) is 5.50. The Kier molecular flexibility index (Phi) is 12.7. The first-order valence-electron chi connectivity index (χ1n) is 12.1. The molecule has 2 aromatic carbocycles. The van der Waals surface area contributed by atoms with E-state index < -0.39 is 24.9 Å². The Morgan fingerprint density at radius 2 is 1.98 bits per heavy atom. The molecule has 216 valence electrons. The van der Waals surface area contributed by atoms with Gasteiger partial charge in [-0.25, -0.2) is 9.38 Å². The molecule has 2 N–H and O–H groups in total. The van der Waals surface area contributed by atoms with Gasteiger partial charge in [0.05, 0.1) is 46.9 Å². The highest BCUT2D eigenvalue weighted by Crippen LogP contribution is 2.35. The van der Waals surface area contributed by atoms with Gasteiger partial charge in [-0.05, 0) is 30.5 Å². The second-order valence-corrected chi connectivity index (χ2v) is 9.05. The molecule has 1 aliphatic rings. The molecule has 14 heteroatoms. The van der Waals surface area contributed by atoms with Crippen LogP contribution in [0.4, 0.5) is 30.2 Å². The van der Waals surface area contributed by atoms with Crippen molar-refractivity contribution in [2.45, 2.75) is 13.2 Å². The number of amides is 1. The molecule has 2 aromatic rings. The van der Waals surface area contributed by atoms with Crippen LogP contribution >= 0.6 is 23.2 Å². The highest BCUT2D eigenvalue weighted by Gasteiger charge is 2.16. The number of anilines is 2. The Morgan fingerprint density at radius 3 is 2.70 bits per heavy atom. The smallest absolute Gasteiger partial charge is 0.345 e. The number of hydrogen-bond donors (Lipinski definition) is 2. The summed E-state index contributed by atoms with van der Waals surface area (Å²) >= 11 is 11.8. The standard InChI is InChI=1S/C26H28Cl2F3N5O4/c1-32-16-34-20-14-22(39-11-12-40-26(30)31)21(35-23(37)3-2-6-36-7-9-38-10-8-36)13-17(20)15-33-19-5-4-18(27)24(28)25(19)29/h2-5,13-14,16,26,33H,1,6-12,15H2,(H,35,37)/b3-2+,34-16-. The summed E-state index contributed by atoms with van der Waals surface area (Å²) < 4.78 is 54.5. The van der Waals surface area contributed by atoms with Crippen LogP contribution in [0.25, 0.3) is 0 Å². The second kappa shape index (κ2) is 16.2. The molecule has 0 atom stereocenters. The highest BCUT2D eigenvalue weighted by molar-refractivity contribution is 6.42. The van der Waals surface area contributed by atoms with E-state index in [2.05, 4.69) is 37.0 Å². The maximum Gasteiger partial charge on any atom is 0.345 e. The Balaban J connectivity index is 1.84. The van der Waals surface area contributed by atoms with Crippen molar-refractivity contribution >= 4 is 59.2 Å². The van der Waals surface area contributed by atoms with Gasteiger partial charge in [0.25, 0.3) is 0 Å². The van der Waals surface area contributed by atoms with E-state index in [1.54, 1.807) is 12.1 Å². The number of benzene rings is 2. The van der Waals surface area contributed by atoms with Crippen LogP contribution in [-0.2, 0) is 20.8 Å². The van der Waals surface area contributed by atoms with Crippen LogP contribution in [0.1, 0.15) is 5.56 Å². The number of nitrogens with zero attached hydrogens (tertiary/aromatic N) is 3. The first kappa shape index (κ1) is 31.4. The number of carbonyl (C=O) groups excluding carboxylic acids is 1. The van der Waals surface area contributed by atoms with Crippen molar-refractivity contribution in [3.05, 3.63) is 57.8 Å². The number of ether oxygens (including phenoxy) is 3. The average molecular weight is 602 g/mol. The van der Waals surface area contributed by atoms with E-state index in [-0.39, 0.29) is 40.3 Å². The van der Waals surface area contributed by atoms with Gasteiger partial charge in [-0.2, -0.15) is 8.78 Å². The maximum absolute atomic E-state index is 14.6. The summed E-state index contributed by atoms with van der Waals surface area (Å²) in [4.78, 5) is 22.7. The summed E-state index contributed by atoms with van der Waals surface area (Å²) in [5.74, 6) is -1.03. The molecule has 0 aliphatic carbocycles. The van der Waals surface area contributed by atoms with Crippen LogP contribution in [0.5, 0.6) is 5.75 Å². The van der Waals surface area contributed by atoms with Crippen molar-refractivity contribution in [3.63, 3.8) is 0 Å². The van der Waals surface area contributed by atoms with Crippen LogP contribution in [0.15, 0.2) is 46.4 Å². The van der Waals surface area contributed by atoms with Gasteiger partial charge in [0.15, 0.2) is 5.82 Å². The predicted octanol–water partition coefficient (Wildman–Crippen LogP) is 5.55. The largest absolute Gasteiger partial charge is 0.489 e. The first-order valence-corrected chi connectivity index (χ1v) is 12.9. The Morgan fingerprint density at radius 1 is 1.20 bits per heavy atom. The van der Waals surface area contributed by atoms with Crippen molar-refractivity contribution in [2.75, 3.05) is 56.7 Å². The fourth-order valence-corrected chi connectivity index (χ4v) is 3.92. The summed E-state index contributed by atoms with van der Waals surface area (Å²) in [6.07, 6.45) is 4.30. The monoisotopic (exact) mass is 601 g/mol. The van der Waals surface area contributed by atoms with E-state index in [1.165, 1.54) is 30.6 Å². The Hall–Kier alpha value is -3.16. The topological polar surface area (TPSA) is 96.8 Å². The zero-order valence-corrected chi connectivity index (χ0v) is 22.9. The number of morpholine rings is 1. The van der Waals surface area contributed by atoms with Crippen molar-refractivity contribution in [1.82, 2.24) is 4.90 Å². The van der Waals surface area contributed by atoms with E-state index in [9.17, 15) is 18.0 Å². The van der Waals surface area contributed by atoms with Gasteiger partial charge >= 0.3 is 6.61 Å². The van der Waals surface area contributed by atoms with Gasteiger partial charge in [-0.1, -0.05) is 29.3 Å². The van der Waals surface area contributed by atoms with Gasteiger partial charge in [0, 0.05) is 38.3 Å². The quantitative estimate of drug-likeness (QED) is 0.0969. The Labute approximate surface area is 239 Å². The lowest BCUT2D eigenvalue weighted by molar-refractivity contribution is -0.133. The minimum atomic E-state index is -2.95. The average Bonchev–Trinajstić information content (AvgIpc) is 2.94. The molecule has 9 nitrogen and oxygen atoms in total. The fourth-order valence-electron chi connectivity index (χ4n) is 3.60. The zero-order valence-electron chi connectivity index (χ0n) is 21.3. The van der Waals surface area contributed by atoms with Crippen molar-refractivity contribution in [2.24, 2.45) is 9.98 Å². The molecule has 0 radical (unpaired) electrons. The molecule has 0 aromatic heterocycles. The van der Waals surface area contributed by atoms with Gasteiger partial charge in [-0.3, -0.25) is 14.7 Å². The predicted molar refractivity (Wildman–Crippen MR) is 150 cm³/mol. The van der Waals surface area contributed by atoms with Gasteiger partial charge in [0.2, 0.25) is 5.91 Å². The van der Waals surface area contributed by atoms with E-state index >= 15 is 0 Å². The zero-order chi connectivity index (χ0) is 28.9. The molecule has 0 unspecified atom stereocenters. The third-order valence-electron chi connectivity index (χ3n) is 5.54. The molecule has 1 fully saturated rings. The number of rotatable bonds is 14. The van der Waals surface area contributed by atoms with Gasteiger partial charge in [-0.15, -0.1) is 0 Å². The lowest BCUT2D eigenvalue weighted by Crippen LogP contribution is -2.36. The second-order valence-electron chi connectivity index (χ2n) is 8.27. The first-order chi connectivity index (χ1) is 19.3. The van der Waals surface area contributed by atoms with Crippen LogP contribution in [0, 0.1) is 5.82 Å².